The van der Waals surface area contributed by atoms with E-state index in [4.69, 9.17) is 0 Å². The van der Waals surface area contributed by atoms with Gasteiger partial charge in [0.25, 0.3) is 0 Å². The van der Waals surface area contributed by atoms with E-state index in [9.17, 15) is 0 Å². The molecule has 0 N–H and O–H groups in total. The maximum atomic E-state index is 2.61. The number of fused-ring (bicyclic) bond motifs is 15. The molecule has 5 aromatic heterocycles. The molecule has 18 rings (SSSR count). The molecule has 0 aliphatic heterocycles. The Balaban J connectivity index is 1.05. The average molecular weight is 1070 g/mol. The Morgan fingerprint density at radius 1 is 0.202 bits per heavy atom. The lowest BCUT2D eigenvalue weighted by Gasteiger charge is -2.28. The molecule has 5 heteroatoms. The Labute approximate surface area is 483 Å². The maximum Gasteiger partial charge on any atom is 0.0975 e. The number of nitrogens with zero attached hydrogens (tertiary/aromatic N) is 5. The van der Waals surface area contributed by atoms with E-state index >= 15 is 0 Å². The highest BCUT2D eigenvalue weighted by molar-refractivity contribution is 6.17. The summed E-state index contributed by atoms with van der Waals surface area (Å²) in [5.74, 6) is 0. The summed E-state index contributed by atoms with van der Waals surface area (Å²) in [4.78, 5) is 0. The molecule has 0 saturated carbocycles. The normalized spacial score (nSPS) is 12.1. The van der Waals surface area contributed by atoms with Crippen LogP contribution in [0.1, 0.15) is 5.56 Å². The van der Waals surface area contributed by atoms with E-state index < -0.39 is 0 Å². The van der Waals surface area contributed by atoms with Crippen molar-refractivity contribution in [2.75, 3.05) is 0 Å². The molecule has 0 bridgehead atoms. The molecular formula is C79H51N5. The van der Waals surface area contributed by atoms with Gasteiger partial charge >= 0.3 is 0 Å². The Morgan fingerprint density at radius 3 is 0.964 bits per heavy atom. The van der Waals surface area contributed by atoms with Crippen LogP contribution in [0, 0.1) is 6.92 Å². The van der Waals surface area contributed by atoms with Gasteiger partial charge in [0, 0.05) is 65.1 Å². The largest absolute Gasteiger partial charge is 0.309 e. The topological polar surface area (TPSA) is 24.6 Å². The highest BCUT2D eigenvalue weighted by Gasteiger charge is 2.32. The highest BCUT2D eigenvalue weighted by Crippen LogP contribution is 2.50. The van der Waals surface area contributed by atoms with Crippen LogP contribution in [0.15, 0.2) is 291 Å². The molecule has 0 fully saturated rings. The molecule has 0 amide bonds. The number of rotatable bonds is 7. The van der Waals surface area contributed by atoms with Crippen LogP contribution in [0.4, 0.5) is 0 Å². The van der Waals surface area contributed by atoms with Crippen LogP contribution in [0.2, 0.25) is 0 Å². The van der Waals surface area contributed by atoms with E-state index in [1.54, 1.807) is 0 Å². The SMILES string of the molecule is Cc1cccc(-c2cc(-n3c4ccccc4c4ccccc43)c(-n3c4ccccc4c4cc(-c5ccc6c(c5)c5ccccc5n6-c5ccccc5)ccc43)c(-n3c4ccccc4c4ccccc43)c2-n2c3ccccc3c3ccccc32)c1. The second-order valence-electron chi connectivity index (χ2n) is 22.5. The minimum Gasteiger partial charge on any atom is -0.309 e. The second kappa shape index (κ2) is 17.9. The van der Waals surface area contributed by atoms with Crippen molar-refractivity contribution in [1.82, 2.24) is 22.8 Å². The third-order valence-electron chi connectivity index (χ3n) is 17.9. The summed E-state index contributed by atoms with van der Waals surface area (Å²) in [6.45, 7) is 2.22. The Morgan fingerprint density at radius 2 is 0.536 bits per heavy atom. The first kappa shape index (κ1) is 46.6. The average Bonchev–Trinajstić information content (AvgIpc) is 1.58. The third kappa shape index (κ3) is 6.60. The number of benzene rings is 13. The lowest BCUT2D eigenvalue weighted by molar-refractivity contribution is 1.02. The summed E-state index contributed by atoms with van der Waals surface area (Å²) in [7, 11) is 0. The fraction of sp³-hybridized carbons (Fsp3) is 0.0127. The van der Waals surface area contributed by atoms with Crippen molar-refractivity contribution in [2.45, 2.75) is 6.92 Å². The number of para-hydroxylation sites is 9. The molecule has 392 valence electrons. The Bertz CT molecular complexity index is 5600. The molecule has 0 spiro atoms. The third-order valence-corrected chi connectivity index (χ3v) is 17.9. The summed E-state index contributed by atoms with van der Waals surface area (Å²) in [6, 6.07) is 108. The van der Waals surface area contributed by atoms with Gasteiger partial charge in [-0.3, -0.25) is 0 Å². The summed E-state index contributed by atoms with van der Waals surface area (Å²) in [6.07, 6.45) is 0. The van der Waals surface area contributed by atoms with Crippen molar-refractivity contribution in [1.29, 1.82) is 0 Å². The number of hydrogen-bond acceptors (Lipinski definition) is 0. The molecule has 0 aliphatic carbocycles. The quantitative estimate of drug-likeness (QED) is 0.152. The summed E-state index contributed by atoms with van der Waals surface area (Å²) < 4.78 is 12.7. The number of aryl methyl sites for hydroxylation is 1. The van der Waals surface area contributed by atoms with Gasteiger partial charge < -0.3 is 22.8 Å². The predicted octanol–water partition coefficient (Wildman–Crippen LogP) is 20.8. The van der Waals surface area contributed by atoms with Crippen LogP contribution in [-0.4, -0.2) is 22.8 Å². The standard InChI is InChI=1S/C79H51N5/c1-50-22-21-23-53(46-50)63-49-76(81-67-35-14-5-26-55(67)56-27-6-15-36-68(56)81)78(79(84-71-39-18-9-30-59(71)60-31-10-19-40-72(60)84)77(63)82-69-37-16-7-28-57(69)58-29-8-17-38-70(58)82)83-73-41-20-12-33-62(73)65-48-52(43-45-75(65)83)51-42-44-74-64(47-51)61-32-11-13-34-66(61)80(74)54-24-3-2-4-25-54/h2-49H,1H3. The molecule has 84 heavy (non-hydrogen) atoms. The van der Waals surface area contributed by atoms with Crippen LogP contribution in [0.5, 0.6) is 0 Å². The van der Waals surface area contributed by atoms with Crippen molar-refractivity contribution in [3.05, 3.63) is 297 Å². The van der Waals surface area contributed by atoms with Gasteiger partial charge in [0.1, 0.15) is 0 Å². The van der Waals surface area contributed by atoms with Gasteiger partial charge in [-0.25, -0.2) is 0 Å². The highest BCUT2D eigenvalue weighted by atomic mass is 15.1. The Hall–Kier alpha value is -11.1. The van der Waals surface area contributed by atoms with Crippen LogP contribution in [0.25, 0.3) is 160 Å². The van der Waals surface area contributed by atoms with Crippen molar-refractivity contribution in [3.8, 4) is 50.7 Å². The number of hydrogen-bond donors (Lipinski definition) is 0. The van der Waals surface area contributed by atoms with Crippen LogP contribution >= 0.6 is 0 Å². The molecule has 0 radical (unpaired) electrons. The van der Waals surface area contributed by atoms with Gasteiger partial charge in [0.15, 0.2) is 0 Å². The zero-order valence-electron chi connectivity index (χ0n) is 45.9. The van der Waals surface area contributed by atoms with Gasteiger partial charge in [0.05, 0.1) is 77.9 Å². The van der Waals surface area contributed by atoms with E-state index in [1.807, 2.05) is 0 Å². The van der Waals surface area contributed by atoms with Crippen LogP contribution in [-0.2, 0) is 0 Å². The van der Waals surface area contributed by atoms with Crippen molar-refractivity contribution in [3.63, 3.8) is 0 Å². The fourth-order valence-corrected chi connectivity index (χ4v) is 14.4. The van der Waals surface area contributed by atoms with Gasteiger partial charge in [-0.2, -0.15) is 0 Å². The molecule has 0 atom stereocenters. The zero-order valence-corrected chi connectivity index (χ0v) is 45.9. The van der Waals surface area contributed by atoms with Crippen molar-refractivity contribution < 1.29 is 0 Å². The van der Waals surface area contributed by atoms with Gasteiger partial charge in [0.2, 0.25) is 0 Å². The first-order valence-electron chi connectivity index (χ1n) is 29.0. The van der Waals surface area contributed by atoms with Crippen molar-refractivity contribution in [2.24, 2.45) is 0 Å². The molecule has 0 aliphatic rings. The zero-order chi connectivity index (χ0) is 55.1. The lowest BCUT2D eigenvalue weighted by atomic mass is 9.97. The first-order chi connectivity index (χ1) is 41.6. The molecule has 13 aromatic carbocycles. The minimum absolute atomic E-state index is 1.07. The molecule has 5 heterocycles. The van der Waals surface area contributed by atoms with E-state index in [1.165, 1.54) is 76.0 Å². The molecular weight excluding hydrogens is 1020 g/mol. The molecule has 0 saturated heterocycles. The van der Waals surface area contributed by atoms with E-state index in [0.29, 0.717) is 0 Å². The smallest absolute Gasteiger partial charge is 0.0975 e. The lowest BCUT2D eigenvalue weighted by Crippen LogP contribution is -2.14. The van der Waals surface area contributed by atoms with Crippen LogP contribution < -0.4 is 0 Å². The fourth-order valence-electron chi connectivity index (χ4n) is 14.4. The van der Waals surface area contributed by atoms with Crippen LogP contribution in [0.3, 0.4) is 0 Å². The molecule has 18 aromatic rings. The predicted molar refractivity (Wildman–Crippen MR) is 354 cm³/mol. The summed E-state index contributed by atoms with van der Waals surface area (Å²) >= 11 is 0. The number of aromatic nitrogens is 5. The Kier molecular flexibility index (Phi) is 9.95. The van der Waals surface area contributed by atoms with E-state index in [0.717, 1.165) is 89.3 Å². The second-order valence-corrected chi connectivity index (χ2v) is 22.5. The minimum atomic E-state index is 1.07. The monoisotopic (exact) mass is 1070 g/mol. The molecule has 0 unspecified atom stereocenters. The van der Waals surface area contributed by atoms with E-state index in [2.05, 4.69) is 321 Å². The van der Waals surface area contributed by atoms with Gasteiger partial charge in [-0.15, -0.1) is 0 Å². The summed E-state index contributed by atoms with van der Waals surface area (Å²) in [5.41, 5.74) is 22.7. The maximum absolute atomic E-state index is 2.61. The van der Waals surface area contributed by atoms with E-state index in [-0.39, 0.29) is 0 Å². The molecule has 5 nitrogen and oxygen atoms in total. The first-order valence-corrected chi connectivity index (χ1v) is 29.0. The van der Waals surface area contributed by atoms with Gasteiger partial charge in [-0.1, -0.05) is 206 Å². The van der Waals surface area contributed by atoms with Crippen molar-refractivity contribution >= 4 is 109 Å². The summed E-state index contributed by atoms with van der Waals surface area (Å²) in [5, 5.41) is 12.0. The van der Waals surface area contributed by atoms with Gasteiger partial charge in [-0.05, 0) is 115 Å².